The highest BCUT2D eigenvalue weighted by atomic mass is 15.1. The van der Waals surface area contributed by atoms with Crippen molar-refractivity contribution in [1.29, 1.82) is 0 Å². The largest absolute Gasteiger partial charge is 0.382 e. The molecule has 1 saturated carbocycles. The van der Waals surface area contributed by atoms with Gasteiger partial charge in [0.15, 0.2) is 0 Å². The molecule has 0 saturated heterocycles. The molecular weight excluding hydrogens is 406 g/mol. The number of fused-ring (bicyclic) bond motifs is 2. The minimum atomic E-state index is 0.491. The van der Waals surface area contributed by atoms with Gasteiger partial charge in [-0.25, -0.2) is 15.0 Å². The van der Waals surface area contributed by atoms with E-state index in [0.29, 0.717) is 11.7 Å². The third-order valence-electron chi connectivity index (χ3n) is 6.93. The van der Waals surface area contributed by atoms with E-state index in [4.69, 9.17) is 20.7 Å². The Hall–Kier alpha value is -3.73. The van der Waals surface area contributed by atoms with Gasteiger partial charge in [-0.2, -0.15) is 0 Å². The van der Waals surface area contributed by atoms with Gasteiger partial charge >= 0.3 is 0 Å². The summed E-state index contributed by atoms with van der Waals surface area (Å²) in [5, 5.41) is 1.15. The lowest BCUT2D eigenvalue weighted by Gasteiger charge is -2.20. The second kappa shape index (κ2) is 8.00. The summed E-state index contributed by atoms with van der Waals surface area (Å²) in [6, 6.07) is 18.8. The normalized spacial score (nSPS) is 14.8. The van der Waals surface area contributed by atoms with Crippen molar-refractivity contribution < 1.29 is 0 Å². The number of aryl methyl sites for hydroxylation is 1. The van der Waals surface area contributed by atoms with Crippen molar-refractivity contribution in [3.05, 3.63) is 78.4 Å². The Morgan fingerprint density at radius 3 is 2.52 bits per heavy atom. The van der Waals surface area contributed by atoms with E-state index in [1.807, 2.05) is 24.4 Å². The van der Waals surface area contributed by atoms with Crippen LogP contribution in [0.25, 0.3) is 38.9 Å². The molecule has 0 unspecified atom stereocenters. The maximum Gasteiger partial charge on any atom is 0.150 e. The molecule has 164 valence electrons. The fourth-order valence-corrected chi connectivity index (χ4v) is 5.16. The van der Waals surface area contributed by atoms with E-state index in [2.05, 4.69) is 53.9 Å². The van der Waals surface area contributed by atoms with Gasteiger partial charge in [-0.3, -0.25) is 4.40 Å². The molecule has 0 atom stereocenters. The molecule has 33 heavy (non-hydrogen) atoms. The number of pyridine rings is 1. The highest BCUT2D eigenvalue weighted by molar-refractivity contribution is 5.88. The Morgan fingerprint density at radius 1 is 0.879 bits per heavy atom. The van der Waals surface area contributed by atoms with Gasteiger partial charge in [0.2, 0.25) is 0 Å². The summed E-state index contributed by atoms with van der Waals surface area (Å²) in [7, 11) is 0. The van der Waals surface area contributed by atoms with Crippen molar-refractivity contribution in [3.63, 3.8) is 0 Å². The van der Waals surface area contributed by atoms with Crippen molar-refractivity contribution in [2.24, 2.45) is 0 Å². The Balaban J connectivity index is 1.47. The van der Waals surface area contributed by atoms with Crippen LogP contribution in [0, 0.1) is 6.92 Å². The maximum absolute atomic E-state index is 6.39. The second-order valence-corrected chi connectivity index (χ2v) is 9.14. The topological polar surface area (TPSA) is 69.1 Å². The van der Waals surface area contributed by atoms with Crippen LogP contribution in [-0.4, -0.2) is 19.4 Å². The molecular formula is C28H27N5. The number of nitrogens with zero attached hydrogens (tertiary/aromatic N) is 4. The number of imidazole rings is 1. The predicted octanol–water partition coefficient (Wildman–Crippen LogP) is 6.55. The standard InChI is InChI=1S/C28H27N5/c1-18-14-23(19-8-4-2-5-9-19)31-24-15-21(12-13-22(18)24)25-17-33-26(27(29)32-25)16-30-28(33)20-10-6-3-7-11-20/h2,4-5,8-9,12-17,20H,3,6-7,10-11H2,1H3,(H2,29,32). The minimum absolute atomic E-state index is 0.491. The number of hydrogen-bond donors (Lipinski definition) is 1. The van der Waals surface area contributed by atoms with Crippen molar-refractivity contribution in [1.82, 2.24) is 19.4 Å². The van der Waals surface area contributed by atoms with Crippen molar-refractivity contribution >= 4 is 22.2 Å². The molecule has 0 aliphatic heterocycles. The van der Waals surface area contributed by atoms with E-state index < -0.39 is 0 Å². The first-order valence-corrected chi connectivity index (χ1v) is 11.8. The van der Waals surface area contributed by atoms with E-state index in [1.165, 1.54) is 37.7 Å². The highest BCUT2D eigenvalue weighted by Gasteiger charge is 2.21. The number of aromatic nitrogens is 4. The van der Waals surface area contributed by atoms with Crippen molar-refractivity contribution in [2.45, 2.75) is 44.9 Å². The van der Waals surface area contributed by atoms with Crippen LogP contribution in [0.3, 0.4) is 0 Å². The molecule has 1 aliphatic rings. The third kappa shape index (κ3) is 3.54. The fraction of sp³-hybridized carbons (Fsp3) is 0.250. The second-order valence-electron chi connectivity index (χ2n) is 9.14. The third-order valence-corrected chi connectivity index (χ3v) is 6.93. The lowest BCUT2D eigenvalue weighted by atomic mass is 9.89. The van der Waals surface area contributed by atoms with Crippen LogP contribution in [0.1, 0.15) is 49.4 Å². The molecule has 5 aromatic rings. The maximum atomic E-state index is 6.39. The number of benzene rings is 2. The van der Waals surface area contributed by atoms with Gasteiger partial charge in [-0.15, -0.1) is 0 Å². The Bertz CT molecular complexity index is 1460. The summed E-state index contributed by atoms with van der Waals surface area (Å²) in [4.78, 5) is 14.5. The van der Waals surface area contributed by atoms with Crippen LogP contribution in [-0.2, 0) is 0 Å². The number of anilines is 1. The van der Waals surface area contributed by atoms with Crippen LogP contribution in [0.5, 0.6) is 0 Å². The molecule has 2 N–H and O–H groups in total. The fourth-order valence-electron chi connectivity index (χ4n) is 5.16. The van der Waals surface area contributed by atoms with Gasteiger partial charge in [0.25, 0.3) is 0 Å². The molecule has 0 amide bonds. The smallest absolute Gasteiger partial charge is 0.150 e. The minimum Gasteiger partial charge on any atom is -0.382 e. The molecule has 3 heterocycles. The van der Waals surface area contributed by atoms with Crippen LogP contribution < -0.4 is 5.73 Å². The zero-order valence-corrected chi connectivity index (χ0v) is 18.8. The first kappa shape index (κ1) is 19.9. The molecule has 5 heteroatoms. The molecule has 0 radical (unpaired) electrons. The quantitative estimate of drug-likeness (QED) is 0.350. The Kier molecular flexibility index (Phi) is 4.83. The van der Waals surface area contributed by atoms with Crippen molar-refractivity contribution in [3.8, 4) is 22.5 Å². The molecule has 2 aromatic carbocycles. The summed E-state index contributed by atoms with van der Waals surface area (Å²) in [5.41, 5.74) is 13.4. The number of hydrogen-bond acceptors (Lipinski definition) is 4. The monoisotopic (exact) mass is 433 g/mol. The summed E-state index contributed by atoms with van der Waals surface area (Å²) in [6.07, 6.45) is 10.2. The van der Waals surface area contributed by atoms with Gasteiger partial charge in [0.05, 0.1) is 23.1 Å². The van der Waals surface area contributed by atoms with Crippen LogP contribution in [0.4, 0.5) is 5.82 Å². The van der Waals surface area contributed by atoms with Crippen LogP contribution in [0.15, 0.2) is 67.0 Å². The average Bonchev–Trinajstić information content (AvgIpc) is 3.29. The zero-order chi connectivity index (χ0) is 22.4. The van der Waals surface area contributed by atoms with Crippen LogP contribution in [0.2, 0.25) is 0 Å². The number of nitrogens with two attached hydrogens (primary N) is 1. The molecule has 0 spiro atoms. The summed E-state index contributed by atoms with van der Waals surface area (Å²) < 4.78 is 2.16. The lowest BCUT2D eigenvalue weighted by molar-refractivity contribution is 0.428. The van der Waals surface area contributed by atoms with Gasteiger partial charge < -0.3 is 5.73 Å². The molecule has 0 bridgehead atoms. The predicted molar refractivity (Wildman–Crippen MR) is 134 cm³/mol. The number of rotatable bonds is 3. The summed E-state index contributed by atoms with van der Waals surface area (Å²) >= 11 is 0. The summed E-state index contributed by atoms with van der Waals surface area (Å²) in [6.45, 7) is 2.14. The van der Waals surface area contributed by atoms with Crippen LogP contribution >= 0.6 is 0 Å². The van der Waals surface area contributed by atoms with Gasteiger partial charge in [-0.05, 0) is 37.5 Å². The summed E-state index contributed by atoms with van der Waals surface area (Å²) in [5.74, 6) is 2.12. The van der Waals surface area contributed by atoms with E-state index in [0.717, 1.165) is 44.8 Å². The first-order chi connectivity index (χ1) is 16.2. The van der Waals surface area contributed by atoms with E-state index in [-0.39, 0.29) is 0 Å². The average molecular weight is 434 g/mol. The zero-order valence-electron chi connectivity index (χ0n) is 18.8. The Morgan fingerprint density at radius 2 is 1.70 bits per heavy atom. The molecule has 3 aromatic heterocycles. The number of nitrogen functional groups attached to an aromatic ring is 1. The Labute approximate surface area is 193 Å². The molecule has 6 rings (SSSR count). The lowest BCUT2D eigenvalue weighted by Crippen LogP contribution is -2.09. The van der Waals surface area contributed by atoms with Gasteiger partial charge in [-0.1, -0.05) is 61.7 Å². The van der Waals surface area contributed by atoms with Gasteiger partial charge in [0, 0.05) is 28.6 Å². The molecule has 1 aliphatic carbocycles. The van der Waals surface area contributed by atoms with Crippen molar-refractivity contribution in [2.75, 3.05) is 5.73 Å². The highest BCUT2D eigenvalue weighted by Crippen LogP contribution is 2.34. The van der Waals surface area contributed by atoms with E-state index in [1.54, 1.807) is 0 Å². The molecule has 5 nitrogen and oxygen atoms in total. The SMILES string of the molecule is Cc1cc(-c2ccccc2)nc2cc(-c3cn4c(C5CCCCC5)ncc4c(N)n3)ccc12. The van der Waals surface area contributed by atoms with Gasteiger partial charge in [0.1, 0.15) is 17.2 Å². The molecule has 1 fully saturated rings. The first-order valence-electron chi connectivity index (χ1n) is 11.8. The van der Waals surface area contributed by atoms with E-state index in [9.17, 15) is 0 Å². The van der Waals surface area contributed by atoms with E-state index >= 15 is 0 Å².